The SMILES string of the molecule is CCCC(O)N(CC)CC.CCCC(O)N(CC)CC.[Cu]. The summed E-state index contributed by atoms with van der Waals surface area (Å²) in [5.74, 6) is 0. The fourth-order valence-electron chi connectivity index (χ4n) is 2.17. The monoisotopic (exact) mass is 353 g/mol. The van der Waals surface area contributed by atoms with Gasteiger partial charge in [-0.25, -0.2) is 0 Å². The van der Waals surface area contributed by atoms with Gasteiger partial charge in [-0.2, -0.15) is 0 Å². The van der Waals surface area contributed by atoms with Gasteiger partial charge >= 0.3 is 0 Å². The van der Waals surface area contributed by atoms with Crippen LogP contribution in [0, 0.1) is 0 Å². The van der Waals surface area contributed by atoms with E-state index >= 15 is 0 Å². The van der Waals surface area contributed by atoms with Crippen LogP contribution in [0.25, 0.3) is 0 Å². The molecule has 0 aliphatic carbocycles. The summed E-state index contributed by atoms with van der Waals surface area (Å²) in [5.41, 5.74) is 0. The molecule has 0 amide bonds. The Labute approximate surface area is 143 Å². The summed E-state index contributed by atoms with van der Waals surface area (Å²) in [5, 5.41) is 18.9. The molecule has 2 N–H and O–H groups in total. The molecule has 0 aliphatic rings. The molecular formula is C16H38CuN2O2. The Kier molecular flexibility index (Phi) is 23.0. The van der Waals surface area contributed by atoms with Crippen LogP contribution >= 0.6 is 0 Å². The molecule has 2 atom stereocenters. The number of aliphatic hydroxyl groups is 2. The second-order valence-electron chi connectivity index (χ2n) is 4.98. The van der Waals surface area contributed by atoms with Gasteiger partial charge in [0.15, 0.2) is 0 Å². The van der Waals surface area contributed by atoms with Crippen LogP contribution in [0.3, 0.4) is 0 Å². The van der Waals surface area contributed by atoms with Crippen LogP contribution in [0.15, 0.2) is 0 Å². The summed E-state index contributed by atoms with van der Waals surface area (Å²) >= 11 is 0. The van der Waals surface area contributed by atoms with Gasteiger partial charge in [0, 0.05) is 17.1 Å². The van der Waals surface area contributed by atoms with E-state index in [0.29, 0.717) is 0 Å². The molecule has 135 valence electrons. The zero-order valence-corrected chi connectivity index (χ0v) is 15.8. The van der Waals surface area contributed by atoms with Crippen LogP contribution in [0.2, 0.25) is 0 Å². The zero-order chi connectivity index (χ0) is 16.0. The van der Waals surface area contributed by atoms with E-state index in [1.165, 1.54) is 0 Å². The van der Waals surface area contributed by atoms with Crippen LogP contribution in [-0.4, -0.2) is 58.6 Å². The molecule has 5 heteroatoms. The van der Waals surface area contributed by atoms with E-state index in [0.717, 1.165) is 51.9 Å². The largest absolute Gasteiger partial charge is 0.378 e. The second-order valence-corrected chi connectivity index (χ2v) is 4.98. The van der Waals surface area contributed by atoms with E-state index in [2.05, 4.69) is 51.3 Å². The van der Waals surface area contributed by atoms with Gasteiger partial charge in [-0.1, -0.05) is 54.4 Å². The minimum atomic E-state index is -0.222. The topological polar surface area (TPSA) is 46.9 Å². The number of nitrogens with zero attached hydrogens (tertiary/aromatic N) is 2. The van der Waals surface area contributed by atoms with E-state index in [4.69, 9.17) is 0 Å². The molecule has 0 aromatic heterocycles. The van der Waals surface area contributed by atoms with Gasteiger partial charge in [0.2, 0.25) is 0 Å². The quantitative estimate of drug-likeness (QED) is 0.468. The third-order valence-electron chi connectivity index (χ3n) is 3.56. The summed E-state index contributed by atoms with van der Waals surface area (Å²) in [6, 6.07) is 0. The van der Waals surface area contributed by atoms with Crippen LogP contribution < -0.4 is 0 Å². The molecule has 0 heterocycles. The predicted molar refractivity (Wildman–Crippen MR) is 87.7 cm³/mol. The third-order valence-corrected chi connectivity index (χ3v) is 3.56. The maximum atomic E-state index is 9.43. The Bertz CT molecular complexity index is 169. The number of aliphatic hydroxyl groups excluding tert-OH is 2. The predicted octanol–water partition coefficient (Wildman–Crippen LogP) is 2.89. The minimum absolute atomic E-state index is 0. The van der Waals surface area contributed by atoms with E-state index in [9.17, 15) is 10.2 Å². The van der Waals surface area contributed by atoms with Crippen LogP contribution in [0.4, 0.5) is 0 Å². The van der Waals surface area contributed by atoms with Gasteiger partial charge in [0.05, 0.1) is 0 Å². The molecule has 0 saturated heterocycles. The van der Waals surface area contributed by atoms with Gasteiger partial charge in [-0.05, 0) is 39.0 Å². The Morgan fingerprint density at radius 1 is 0.619 bits per heavy atom. The van der Waals surface area contributed by atoms with E-state index in [1.807, 2.05) is 0 Å². The van der Waals surface area contributed by atoms with Crippen molar-refractivity contribution in [3.8, 4) is 0 Å². The Morgan fingerprint density at radius 2 is 0.857 bits per heavy atom. The Morgan fingerprint density at radius 3 is 1.00 bits per heavy atom. The summed E-state index contributed by atoms with van der Waals surface area (Å²) < 4.78 is 0. The molecule has 0 saturated carbocycles. The maximum Gasteiger partial charge on any atom is 0.107 e. The first-order valence-electron chi connectivity index (χ1n) is 8.36. The van der Waals surface area contributed by atoms with Crippen molar-refractivity contribution in [2.75, 3.05) is 26.2 Å². The Hall–Kier alpha value is 0.359. The summed E-state index contributed by atoms with van der Waals surface area (Å²) in [7, 11) is 0. The molecule has 0 aromatic rings. The van der Waals surface area contributed by atoms with Crippen LogP contribution in [0.1, 0.15) is 67.2 Å². The first-order chi connectivity index (χ1) is 9.51. The Balaban J connectivity index is -0.000000295. The van der Waals surface area contributed by atoms with E-state index in [-0.39, 0.29) is 29.5 Å². The average molecular weight is 354 g/mol. The fourth-order valence-corrected chi connectivity index (χ4v) is 2.17. The van der Waals surface area contributed by atoms with Gasteiger partial charge in [-0.3, -0.25) is 9.80 Å². The molecule has 2 unspecified atom stereocenters. The summed E-state index contributed by atoms with van der Waals surface area (Å²) in [4.78, 5) is 4.12. The molecule has 0 bridgehead atoms. The smallest absolute Gasteiger partial charge is 0.107 e. The molecule has 1 radical (unpaired) electrons. The fraction of sp³-hybridized carbons (Fsp3) is 1.00. The van der Waals surface area contributed by atoms with Crippen molar-refractivity contribution >= 4 is 0 Å². The normalized spacial score (nSPS) is 13.4. The van der Waals surface area contributed by atoms with Crippen LogP contribution in [-0.2, 0) is 17.1 Å². The van der Waals surface area contributed by atoms with Crippen molar-refractivity contribution in [3.63, 3.8) is 0 Å². The van der Waals surface area contributed by atoms with Gasteiger partial charge < -0.3 is 10.2 Å². The second kappa shape index (κ2) is 18.4. The van der Waals surface area contributed by atoms with Crippen LogP contribution in [0.5, 0.6) is 0 Å². The van der Waals surface area contributed by atoms with Crippen molar-refractivity contribution in [1.29, 1.82) is 0 Å². The minimum Gasteiger partial charge on any atom is -0.378 e. The first-order valence-corrected chi connectivity index (χ1v) is 8.36. The molecule has 0 aromatic carbocycles. The number of hydrogen-bond donors (Lipinski definition) is 2. The van der Waals surface area contributed by atoms with Crippen molar-refractivity contribution in [2.24, 2.45) is 0 Å². The molecule has 21 heavy (non-hydrogen) atoms. The zero-order valence-electron chi connectivity index (χ0n) is 14.9. The van der Waals surface area contributed by atoms with Gasteiger partial charge in [0.25, 0.3) is 0 Å². The van der Waals surface area contributed by atoms with Gasteiger partial charge in [-0.15, -0.1) is 0 Å². The average Bonchev–Trinajstić information content (AvgIpc) is 2.43. The maximum absolute atomic E-state index is 9.43. The number of rotatable bonds is 10. The molecule has 0 rings (SSSR count). The van der Waals surface area contributed by atoms with Crippen molar-refractivity contribution in [2.45, 2.75) is 79.7 Å². The summed E-state index contributed by atoms with van der Waals surface area (Å²) in [6.07, 6.45) is 3.44. The summed E-state index contributed by atoms with van der Waals surface area (Å²) in [6.45, 7) is 16.2. The standard InChI is InChI=1S/2C8H19NO.Cu/c2*1-4-7-8(10)9(5-2)6-3;/h2*8,10H,4-7H2,1-3H3;. The van der Waals surface area contributed by atoms with Crippen molar-refractivity contribution in [1.82, 2.24) is 9.80 Å². The van der Waals surface area contributed by atoms with E-state index < -0.39 is 0 Å². The third kappa shape index (κ3) is 13.7. The van der Waals surface area contributed by atoms with E-state index in [1.54, 1.807) is 0 Å². The molecule has 0 aliphatic heterocycles. The molecule has 0 spiro atoms. The molecule has 0 fully saturated rings. The number of hydrogen-bond acceptors (Lipinski definition) is 4. The molecular weight excluding hydrogens is 316 g/mol. The van der Waals surface area contributed by atoms with Crippen molar-refractivity contribution < 1.29 is 27.3 Å². The van der Waals surface area contributed by atoms with Gasteiger partial charge in [0.1, 0.15) is 12.5 Å². The molecule has 4 nitrogen and oxygen atoms in total. The van der Waals surface area contributed by atoms with Crippen molar-refractivity contribution in [3.05, 3.63) is 0 Å². The first kappa shape index (κ1) is 26.3.